The van der Waals surface area contributed by atoms with Gasteiger partial charge in [0.15, 0.2) is 4.50 Å². The Hall–Kier alpha value is -1.54. The molecule has 1 aliphatic rings. The van der Waals surface area contributed by atoms with Gasteiger partial charge in [0.1, 0.15) is 10.9 Å². The number of nitrogens with zero attached hydrogens (tertiary/aromatic N) is 4. The summed E-state index contributed by atoms with van der Waals surface area (Å²) in [6, 6.07) is 1.61. The van der Waals surface area contributed by atoms with E-state index < -0.39 is 17.1 Å². The highest BCUT2D eigenvalue weighted by atomic mass is 35.5. The van der Waals surface area contributed by atoms with Gasteiger partial charge in [-0.05, 0) is 33.8 Å². The standard InChI is InChI=1S/C18H27ClN4O3S/c1-11-13(27-15(19)21-11)14(24)22(7)10-18(5,6)12-8-9-20-23(12)16(25)26-17(2,3)4/h8-9,11,13H,10H2,1-7H3. The Labute approximate surface area is 169 Å². The maximum Gasteiger partial charge on any atom is 0.435 e. The van der Waals surface area contributed by atoms with Gasteiger partial charge in [-0.1, -0.05) is 37.2 Å². The number of thioether (sulfide) groups is 1. The first kappa shape index (κ1) is 21.8. The lowest BCUT2D eigenvalue weighted by Gasteiger charge is -2.32. The Morgan fingerprint density at radius 3 is 2.48 bits per heavy atom. The molecular weight excluding hydrogens is 388 g/mol. The van der Waals surface area contributed by atoms with E-state index in [9.17, 15) is 9.59 Å². The minimum absolute atomic E-state index is 0.0386. The van der Waals surface area contributed by atoms with Gasteiger partial charge in [0.25, 0.3) is 0 Å². The average Bonchev–Trinajstić information content (AvgIpc) is 3.11. The minimum atomic E-state index is -0.619. The lowest BCUT2D eigenvalue weighted by atomic mass is 9.88. The molecule has 0 saturated heterocycles. The summed E-state index contributed by atoms with van der Waals surface area (Å²) >= 11 is 7.23. The Morgan fingerprint density at radius 1 is 1.33 bits per heavy atom. The van der Waals surface area contributed by atoms with Gasteiger partial charge in [-0.2, -0.15) is 9.78 Å². The maximum atomic E-state index is 12.8. The first-order chi connectivity index (χ1) is 12.3. The molecule has 0 fully saturated rings. The Kier molecular flexibility index (Phi) is 6.31. The van der Waals surface area contributed by atoms with E-state index in [0.717, 1.165) is 0 Å². The van der Waals surface area contributed by atoms with Crippen LogP contribution in [0.25, 0.3) is 0 Å². The molecule has 1 aliphatic heterocycles. The number of likely N-dealkylation sites (N-methyl/N-ethyl adjacent to an activating group) is 1. The molecule has 0 aliphatic carbocycles. The fraction of sp³-hybridized carbons (Fsp3) is 0.667. The molecule has 0 radical (unpaired) electrons. The predicted octanol–water partition coefficient (Wildman–Crippen LogP) is 3.50. The first-order valence-electron chi connectivity index (χ1n) is 8.74. The second-order valence-corrected chi connectivity index (χ2v) is 10.1. The normalized spacial score (nSPS) is 20.4. The van der Waals surface area contributed by atoms with E-state index in [1.807, 2.05) is 20.8 Å². The number of rotatable bonds is 4. The molecule has 2 unspecified atom stereocenters. The highest BCUT2D eigenvalue weighted by Gasteiger charge is 2.37. The maximum absolute atomic E-state index is 12.8. The summed E-state index contributed by atoms with van der Waals surface area (Å²) in [7, 11) is 1.75. The highest BCUT2D eigenvalue weighted by molar-refractivity contribution is 8.18. The molecule has 7 nitrogen and oxygen atoms in total. The van der Waals surface area contributed by atoms with Gasteiger partial charge in [-0.15, -0.1) is 0 Å². The fourth-order valence-electron chi connectivity index (χ4n) is 2.95. The number of ether oxygens (including phenoxy) is 1. The van der Waals surface area contributed by atoms with Crippen molar-refractivity contribution in [3.8, 4) is 0 Å². The molecule has 150 valence electrons. The van der Waals surface area contributed by atoms with Crippen molar-refractivity contribution in [1.82, 2.24) is 14.7 Å². The van der Waals surface area contributed by atoms with Gasteiger partial charge in [0, 0.05) is 25.2 Å². The molecule has 0 aromatic carbocycles. The van der Waals surface area contributed by atoms with E-state index in [1.165, 1.54) is 16.4 Å². The molecule has 1 aromatic rings. The van der Waals surface area contributed by atoms with Gasteiger partial charge in [0.05, 0.1) is 11.7 Å². The van der Waals surface area contributed by atoms with Crippen molar-refractivity contribution in [2.75, 3.05) is 13.6 Å². The smallest absolute Gasteiger partial charge is 0.435 e. The number of aromatic nitrogens is 2. The van der Waals surface area contributed by atoms with Gasteiger partial charge in [-0.3, -0.25) is 9.79 Å². The van der Waals surface area contributed by atoms with Crippen LogP contribution in [0, 0.1) is 0 Å². The Balaban J connectivity index is 2.14. The van der Waals surface area contributed by atoms with Crippen LogP contribution in [0.15, 0.2) is 17.3 Å². The number of aliphatic imine (C=N–C) groups is 1. The summed E-state index contributed by atoms with van der Waals surface area (Å²) in [6.07, 6.45) is 1.02. The molecule has 2 heterocycles. The fourth-order valence-corrected chi connectivity index (χ4v) is 4.37. The summed E-state index contributed by atoms with van der Waals surface area (Å²) < 4.78 is 7.10. The first-order valence-corrected chi connectivity index (χ1v) is 10.0. The van der Waals surface area contributed by atoms with Crippen molar-refractivity contribution in [1.29, 1.82) is 0 Å². The third-order valence-electron chi connectivity index (χ3n) is 4.12. The molecule has 2 atom stereocenters. The van der Waals surface area contributed by atoms with Gasteiger partial charge < -0.3 is 9.64 Å². The van der Waals surface area contributed by atoms with Crippen LogP contribution in [0.4, 0.5) is 4.79 Å². The van der Waals surface area contributed by atoms with E-state index in [4.69, 9.17) is 16.3 Å². The second kappa shape index (κ2) is 7.83. The molecule has 0 bridgehead atoms. The van der Waals surface area contributed by atoms with E-state index in [-0.39, 0.29) is 17.2 Å². The van der Waals surface area contributed by atoms with Gasteiger partial charge in [-0.25, -0.2) is 4.79 Å². The van der Waals surface area contributed by atoms with E-state index in [0.29, 0.717) is 16.7 Å². The molecule has 1 amide bonds. The number of carbonyl (C=O) groups is 2. The predicted molar refractivity (Wildman–Crippen MR) is 109 cm³/mol. The van der Waals surface area contributed by atoms with Gasteiger partial charge >= 0.3 is 6.09 Å². The van der Waals surface area contributed by atoms with Crippen LogP contribution in [0.1, 0.15) is 47.2 Å². The molecule has 9 heteroatoms. The van der Waals surface area contributed by atoms with Crippen molar-refractivity contribution in [3.05, 3.63) is 18.0 Å². The summed E-state index contributed by atoms with van der Waals surface area (Å²) in [4.78, 5) is 31.1. The van der Waals surface area contributed by atoms with Crippen molar-refractivity contribution in [3.63, 3.8) is 0 Å². The molecule has 27 heavy (non-hydrogen) atoms. The molecule has 0 saturated carbocycles. The molecular formula is C18H27ClN4O3S. The quantitative estimate of drug-likeness (QED) is 0.753. The van der Waals surface area contributed by atoms with Crippen LogP contribution in [-0.4, -0.2) is 61.7 Å². The summed E-state index contributed by atoms with van der Waals surface area (Å²) in [6.45, 7) is 11.6. The zero-order valence-corrected chi connectivity index (χ0v) is 18.4. The Morgan fingerprint density at radius 2 is 1.96 bits per heavy atom. The summed E-state index contributed by atoms with van der Waals surface area (Å²) in [5.41, 5.74) is -0.459. The number of hydrogen-bond donors (Lipinski definition) is 0. The lowest BCUT2D eigenvalue weighted by Crippen LogP contribution is -2.45. The molecule has 1 aromatic heterocycles. The Bertz CT molecular complexity index is 754. The van der Waals surface area contributed by atoms with Gasteiger partial charge in [0.2, 0.25) is 5.91 Å². The van der Waals surface area contributed by atoms with E-state index in [2.05, 4.69) is 10.1 Å². The number of carbonyl (C=O) groups excluding carboxylic acids is 2. The largest absolute Gasteiger partial charge is 0.442 e. The van der Waals surface area contributed by atoms with Crippen LogP contribution < -0.4 is 0 Å². The zero-order valence-electron chi connectivity index (χ0n) is 16.8. The summed E-state index contributed by atoms with van der Waals surface area (Å²) in [5.74, 6) is -0.0386. The van der Waals surface area contributed by atoms with E-state index >= 15 is 0 Å². The van der Waals surface area contributed by atoms with Crippen LogP contribution in [0.3, 0.4) is 0 Å². The second-order valence-electron chi connectivity index (χ2n) is 8.35. The monoisotopic (exact) mass is 414 g/mol. The third kappa shape index (κ3) is 5.25. The zero-order chi connectivity index (χ0) is 20.6. The topological polar surface area (TPSA) is 76.8 Å². The van der Waals surface area contributed by atoms with Crippen molar-refractivity contribution in [2.24, 2.45) is 4.99 Å². The number of halogens is 1. The van der Waals surface area contributed by atoms with Crippen LogP contribution >= 0.6 is 23.4 Å². The SMILES string of the molecule is CC1N=C(Cl)SC1C(=O)N(C)CC(C)(C)c1ccnn1C(=O)OC(C)(C)C. The van der Waals surface area contributed by atoms with Crippen LogP contribution in [0.2, 0.25) is 0 Å². The third-order valence-corrected chi connectivity index (χ3v) is 5.64. The van der Waals surface area contributed by atoms with Crippen molar-refractivity contribution < 1.29 is 14.3 Å². The number of amides is 1. The van der Waals surface area contributed by atoms with Crippen LogP contribution in [-0.2, 0) is 14.9 Å². The molecule has 2 rings (SSSR count). The molecule has 0 N–H and O–H groups in total. The van der Waals surface area contributed by atoms with Crippen LogP contribution in [0.5, 0.6) is 0 Å². The molecule has 0 spiro atoms. The average molecular weight is 415 g/mol. The lowest BCUT2D eigenvalue weighted by molar-refractivity contribution is -0.130. The van der Waals surface area contributed by atoms with E-state index in [1.54, 1.807) is 45.0 Å². The van der Waals surface area contributed by atoms with Crippen molar-refractivity contribution >= 4 is 39.9 Å². The summed E-state index contributed by atoms with van der Waals surface area (Å²) in [5, 5.41) is 3.79. The number of hydrogen-bond acceptors (Lipinski definition) is 6. The minimum Gasteiger partial charge on any atom is -0.442 e. The van der Waals surface area contributed by atoms with Crippen molar-refractivity contribution in [2.45, 2.75) is 63.9 Å². The highest BCUT2D eigenvalue weighted by Crippen LogP contribution is 2.31.